The number of H-pyrrole nitrogens is 1. The van der Waals surface area contributed by atoms with E-state index in [0.29, 0.717) is 6.54 Å². The van der Waals surface area contributed by atoms with Gasteiger partial charge in [-0.05, 0) is 54.3 Å². The molecule has 0 spiro atoms. The summed E-state index contributed by atoms with van der Waals surface area (Å²) in [6.07, 6.45) is 2.03. The van der Waals surface area contributed by atoms with E-state index in [0.717, 1.165) is 44.7 Å². The minimum atomic E-state index is -0.147. The Balaban J connectivity index is 1.52. The fraction of sp³-hybridized carbons (Fsp3) is 0.222. The summed E-state index contributed by atoms with van der Waals surface area (Å²) < 4.78 is 11.1. The molecule has 1 amide bonds. The largest absolute Gasteiger partial charge is 0.497 e. The van der Waals surface area contributed by atoms with E-state index in [2.05, 4.69) is 22.4 Å². The van der Waals surface area contributed by atoms with Crippen molar-refractivity contribution in [2.24, 2.45) is 0 Å². The van der Waals surface area contributed by atoms with Gasteiger partial charge in [0.25, 0.3) is 5.91 Å². The molecule has 0 aliphatic carbocycles. The minimum absolute atomic E-state index is 0.0128. The lowest BCUT2D eigenvalue weighted by Crippen LogP contribution is -2.33. The van der Waals surface area contributed by atoms with E-state index in [9.17, 15) is 4.79 Å². The maximum atomic E-state index is 12.6. The molecular weight excluding hydrogens is 400 g/mol. The SMILES string of the molecule is COc1ccc(C(CNC(=O)COc2c(C)cccc2C)c2c[nH]c3ccccc23)cc1. The van der Waals surface area contributed by atoms with Crippen LogP contribution in [0.2, 0.25) is 0 Å². The maximum Gasteiger partial charge on any atom is 0.257 e. The average Bonchev–Trinajstić information content (AvgIpc) is 3.23. The molecule has 164 valence electrons. The first kappa shape index (κ1) is 21.5. The summed E-state index contributed by atoms with van der Waals surface area (Å²) in [4.78, 5) is 16.0. The Hall–Kier alpha value is -3.73. The zero-order valence-electron chi connectivity index (χ0n) is 18.6. The van der Waals surface area contributed by atoms with Gasteiger partial charge in [0.15, 0.2) is 6.61 Å². The summed E-state index contributed by atoms with van der Waals surface area (Å²) >= 11 is 0. The van der Waals surface area contributed by atoms with Crippen molar-refractivity contribution in [3.63, 3.8) is 0 Å². The molecular formula is C27H28N2O3. The number of rotatable bonds is 8. The van der Waals surface area contributed by atoms with E-state index >= 15 is 0 Å². The molecule has 5 heteroatoms. The second-order valence-corrected chi connectivity index (χ2v) is 7.93. The van der Waals surface area contributed by atoms with Crippen LogP contribution in [0.25, 0.3) is 10.9 Å². The molecule has 0 radical (unpaired) electrons. The van der Waals surface area contributed by atoms with Gasteiger partial charge in [-0.15, -0.1) is 0 Å². The molecule has 0 aliphatic heterocycles. The molecule has 5 nitrogen and oxygen atoms in total. The van der Waals surface area contributed by atoms with E-state index in [4.69, 9.17) is 9.47 Å². The minimum Gasteiger partial charge on any atom is -0.497 e. The van der Waals surface area contributed by atoms with E-state index in [1.165, 1.54) is 0 Å². The van der Waals surface area contributed by atoms with E-state index in [1.807, 2.05) is 74.6 Å². The molecule has 1 heterocycles. The van der Waals surface area contributed by atoms with Gasteiger partial charge in [-0.3, -0.25) is 4.79 Å². The van der Waals surface area contributed by atoms with Crippen molar-refractivity contribution in [2.45, 2.75) is 19.8 Å². The maximum absolute atomic E-state index is 12.6. The van der Waals surface area contributed by atoms with Crippen LogP contribution in [0.4, 0.5) is 0 Å². The molecule has 0 bridgehead atoms. The van der Waals surface area contributed by atoms with Crippen molar-refractivity contribution >= 4 is 16.8 Å². The van der Waals surface area contributed by atoms with Gasteiger partial charge in [-0.25, -0.2) is 0 Å². The number of carbonyl (C=O) groups is 1. The highest BCUT2D eigenvalue weighted by Gasteiger charge is 2.19. The molecule has 2 N–H and O–H groups in total. The number of methoxy groups -OCH3 is 1. The number of nitrogens with one attached hydrogen (secondary N) is 2. The van der Waals surface area contributed by atoms with Crippen LogP contribution >= 0.6 is 0 Å². The third-order valence-corrected chi connectivity index (χ3v) is 5.77. The molecule has 32 heavy (non-hydrogen) atoms. The first-order valence-electron chi connectivity index (χ1n) is 10.7. The number of hydrogen-bond acceptors (Lipinski definition) is 3. The number of fused-ring (bicyclic) bond motifs is 1. The number of ether oxygens (including phenoxy) is 2. The number of aromatic amines is 1. The summed E-state index contributed by atoms with van der Waals surface area (Å²) in [6.45, 7) is 4.41. The second-order valence-electron chi connectivity index (χ2n) is 7.93. The van der Waals surface area contributed by atoms with Crippen molar-refractivity contribution < 1.29 is 14.3 Å². The van der Waals surface area contributed by atoms with Crippen LogP contribution in [0.3, 0.4) is 0 Å². The van der Waals surface area contributed by atoms with Crippen LogP contribution in [0, 0.1) is 13.8 Å². The Morgan fingerprint density at radius 1 is 0.969 bits per heavy atom. The zero-order valence-corrected chi connectivity index (χ0v) is 18.6. The molecule has 0 aliphatic rings. The average molecular weight is 429 g/mol. The topological polar surface area (TPSA) is 63.4 Å². The first-order chi connectivity index (χ1) is 15.6. The van der Waals surface area contributed by atoms with Crippen molar-refractivity contribution in [1.82, 2.24) is 10.3 Å². The van der Waals surface area contributed by atoms with Crippen LogP contribution < -0.4 is 14.8 Å². The summed E-state index contributed by atoms with van der Waals surface area (Å²) in [5, 5.41) is 4.21. The number of aromatic nitrogens is 1. The van der Waals surface area contributed by atoms with Crippen molar-refractivity contribution in [2.75, 3.05) is 20.3 Å². The molecule has 0 fully saturated rings. The lowest BCUT2D eigenvalue weighted by Gasteiger charge is -2.19. The highest BCUT2D eigenvalue weighted by molar-refractivity contribution is 5.84. The van der Waals surface area contributed by atoms with Gasteiger partial charge in [-0.1, -0.05) is 48.5 Å². The molecule has 4 aromatic rings. The van der Waals surface area contributed by atoms with Crippen LogP contribution in [-0.2, 0) is 4.79 Å². The number of hydrogen-bond donors (Lipinski definition) is 2. The lowest BCUT2D eigenvalue weighted by molar-refractivity contribution is -0.123. The summed E-state index contributed by atoms with van der Waals surface area (Å²) in [5.74, 6) is 1.41. The van der Waals surface area contributed by atoms with Crippen molar-refractivity contribution in [3.8, 4) is 11.5 Å². The zero-order chi connectivity index (χ0) is 22.5. The molecule has 4 rings (SSSR count). The quantitative estimate of drug-likeness (QED) is 0.409. The van der Waals surface area contributed by atoms with Gasteiger partial charge in [0.05, 0.1) is 7.11 Å². The number of benzene rings is 3. The van der Waals surface area contributed by atoms with Crippen LogP contribution in [0.5, 0.6) is 11.5 Å². The number of carbonyl (C=O) groups excluding carboxylic acids is 1. The van der Waals surface area contributed by atoms with Gasteiger partial charge in [-0.2, -0.15) is 0 Å². The Bertz CT molecular complexity index is 1190. The summed E-state index contributed by atoms with van der Waals surface area (Å²) in [5.41, 5.74) is 5.36. The van der Waals surface area contributed by atoms with Crippen LogP contribution in [0.1, 0.15) is 28.2 Å². The summed E-state index contributed by atoms with van der Waals surface area (Å²) in [6, 6.07) is 22.1. The van der Waals surface area contributed by atoms with Gasteiger partial charge < -0.3 is 19.8 Å². The third kappa shape index (κ3) is 4.62. The Morgan fingerprint density at radius 3 is 2.41 bits per heavy atom. The van der Waals surface area contributed by atoms with Crippen LogP contribution in [-0.4, -0.2) is 31.2 Å². The van der Waals surface area contributed by atoms with E-state index < -0.39 is 0 Å². The molecule has 1 atom stereocenters. The van der Waals surface area contributed by atoms with Gasteiger partial charge in [0.2, 0.25) is 0 Å². The highest BCUT2D eigenvalue weighted by Crippen LogP contribution is 2.31. The second kappa shape index (κ2) is 9.60. The number of amides is 1. The number of para-hydroxylation sites is 2. The van der Waals surface area contributed by atoms with Crippen LogP contribution in [0.15, 0.2) is 72.9 Å². The predicted octanol–water partition coefficient (Wildman–Crippen LogP) is 5.12. The number of aryl methyl sites for hydroxylation is 2. The molecule has 0 saturated heterocycles. The van der Waals surface area contributed by atoms with Gasteiger partial charge >= 0.3 is 0 Å². The highest BCUT2D eigenvalue weighted by atomic mass is 16.5. The third-order valence-electron chi connectivity index (χ3n) is 5.77. The van der Waals surface area contributed by atoms with E-state index in [-0.39, 0.29) is 18.4 Å². The fourth-order valence-corrected chi connectivity index (χ4v) is 4.06. The standard InChI is InChI=1S/C27H28N2O3/c1-18-7-6-8-19(2)27(18)32-17-26(30)29-15-23(20-11-13-21(31-3)14-12-20)24-16-28-25-10-5-4-9-22(24)25/h4-14,16,23,28H,15,17H2,1-3H3,(H,29,30). The Kier molecular flexibility index (Phi) is 6.45. The van der Waals surface area contributed by atoms with Crippen molar-refractivity contribution in [1.29, 1.82) is 0 Å². The lowest BCUT2D eigenvalue weighted by atomic mass is 9.91. The Morgan fingerprint density at radius 2 is 1.69 bits per heavy atom. The normalized spacial score (nSPS) is 11.8. The van der Waals surface area contributed by atoms with E-state index in [1.54, 1.807) is 7.11 Å². The smallest absolute Gasteiger partial charge is 0.257 e. The monoisotopic (exact) mass is 428 g/mol. The molecule has 3 aromatic carbocycles. The Labute approximate surface area is 188 Å². The molecule has 0 saturated carbocycles. The van der Waals surface area contributed by atoms with Crippen molar-refractivity contribution in [3.05, 3.63) is 95.2 Å². The fourth-order valence-electron chi connectivity index (χ4n) is 4.06. The van der Waals surface area contributed by atoms with Gasteiger partial charge in [0, 0.05) is 29.6 Å². The first-order valence-corrected chi connectivity index (χ1v) is 10.7. The molecule has 1 aromatic heterocycles. The molecule has 1 unspecified atom stereocenters. The van der Waals surface area contributed by atoms with Gasteiger partial charge in [0.1, 0.15) is 11.5 Å². The summed E-state index contributed by atoms with van der Waals surface area (Å²) in [7, 11) is 1.66. The predicted molar refractivity (Wildman–Crippen MR) is 128 cm³/mol.